The zero-order chi connectivity index (χ0) is 14.0. The number of rotatable bonds is 4. The first-order valence-electron chi connectivity index (χ1n) is 6.19. The van der Waals surface area contributed by atoms with Crippen molar-refractivity contribution < 1.29 is 4.79 Å². The minimum atomic E-state index is -0.0829. The molecule has 4 nitrogen and oxygen atoms in total. The van der Waals surface area contributed by atoms with Gasteiger partial charge < -0.3 is 16.0 Å². The van der Waals surface area contributed by atoms with Gasteiger partial charge >= 0.3 is 0 Å². The zero-order valence-electron chi connectivity index (χ0n) is 11.2. The summed E-state index contributed by atoms with van der Waals surface area (Å²) in [6, 6.07) is 5.90. The average Bonchev–Trinajstić information content (AvgIpc) is 2.63. The normalized spacial score (nSPS) is 13.9. The summed E-state index contributed by atoms with van der Waals surface area (Å²) >= 11 is 3.43. The molecule has 5 heteroatoms. The van der Waals surface area contributed by atoms with E-state index in [1.54, 1.807) is 0 Å². The molecule has 1 aliphatic carbocycles. The van der Waals surface area contributed by atoms with Gasteiger partial charge in [0.05, 0.1) is 5.57 Å². The van der Waals surface area contributed by atoms with Crippen LogP contribution in [0, 0.1) is 0 Å². The number of hydrogen-bond acceptors (Lipinski definition) is 3. The fourth-order valence-corrected chi connectivity index (χ4v) is 2.58. The minimum absolute atomic E-state index is 0.0829. The van der Waals surface area contributed by atoms with Gasteiger partial charge in [0, 0.05) is 29.7 Å². The largest absolute Gasteiger partial charge is 0.401 e. The fraction of sp³-hybridized carbons (Fsp3) is 0.357. The van der Waals surface area contributed by atoms with Crippen molar-refractivity contribution >= 4 is 27.4 Å². The highest BCUT2D eigenvalue weighted by Crippen LogP contribution is 2.32. The van der Waals surface area contributed by atoms with E-state index in [4.69, 9.17) is 5.73 Å². The van der Waals surface area contributed by atoms with Crippen molar-refractivity contribution in [1.29, 1.82) is 0 Å². The maximum atomic E-state index is 12.2. The molecular weight excluding hydrogens is 306 g/mol. The summed E-state index contributed by atoms with van der Waals surface area (Å²) in [6.45, 7) is 1.43. The van der Waals surface area contributed by atoms with E-state index in [9.17, 15) is 4.79 Å². The Morgan fingerprint density at radius 1 is 1.47 bits per heavy atom. The number of halogens is 1. The van der Waals surface area contributed by atoms with E-state index in [-0.39, 0.29) is 5.91 Å². The van der Waals surface area contributed by atoms with Crippen LogP contribution in [-0.4, -0.2) is 38.0 Å². The van der Waals surface area contributed by atoms with E-state index in [0.717, 1.165) is 22.1 Å². The van der Waals surface area contributed by atoms with Crippen molar-refractivity contribution in [3.8, 4) is 0 Å². The van der Waals surface area contributed by atoms with Crippen LogP contribution in [0.3, 0.4) is 0 Å². The van der Waals surface area contributed by atoms with Gasteiger partial charge in [-0.15, -0.1) is 0 Å². The highest BCUT2D eigenvalue weighted by atomic mass is 79.9. The van der Waals surface area contributed by atoms with E-state index in [1.165, 1.54) is 0 Å². The molecule has 0 atom stereocenters. The molecule has 1 aromatic carbocycles. The van der Waals surface area contributed by atoms with Crippen molar-refractivity contribution in [2.24, 2.45) is 5.73 Å². The van der Waals surface area contributed by atoms with Crippen LogP contribution in [0.25, 0.3) is 5.57 Å². The number of nitrogens with one attached hydrogen (secondary N) is 1. The smallest absolute Gasteiger partial charge is 0.253 e. The Morgan fingerprint density at radius 3 is 2.89 bits per heavy atom. The molecule has 1 aliphatic rings. The highest BCUT2D eigenvalue weighted by molar-refractivity contribution is 9.10. The fourth-order valence-electron chi connectivity index (χ4n) is 2.17. The van der Waals surface area contributed by atoms with E-state index < -0.39 is 0 Å². The van der Waals surface area contributed by atoms with Crippen molar-refractivity contribution in [3.05, 3.63) is 39.5 Å². The Labute approximate surface area is 121 Å². The van der Waals surface area contributed by atoms with E-state index in [2.05, 4.69) is 21.2 Å². The Hall–Kier alpha value is -1.33. The molecule has 0 radical (unpaired) electrons. The molecule has 1 aromatic rings. The molecule has 2 rings (SSSR count). The first-order chi connectivity index (χ1) is 8.99. The number of fused-ring (bicyclic) bond motifs is 1. The standard InChI is InChI=1S/C14H18BrN3O/c1-18(2)6-5-17-14(19)13-11-4-3-10(15)7-9(11)8-12(13)16/h3-4,7H,5-6,8,16H2,1-2H3,(H,17,19). The van der Waals surface area contributed by atoms with Crippen LogP contribution in [0.4, 0.5) is 0 Å². The number of allylic oxidation sites excluding steroid dienone is 1. The van der Waals surface area contributed by atoms with Gasteiger partial charge in [-0.1, -0.05) is 22.0 Å². The quantitative estimate of drug-likeness (QED) is 0.879. The van der Waals surface area contributed by atoms with Gasteiger partial charge in [-0.3, -0.25) is 4.79 Å². The Bertz CT molecular complexity index is 537. The number of hydrogen-bond donors (Lipinski definition) is 2. The molecule has 3 N–H and O–H groups in total. The minimum Gasteiger partial charge on any atom is -0.401 e. The molecule has 0 bridgehead atoms. The van der Waals surface area contributed by atoms with Crippen molar-refractivity contribution in [1.82, 2.24) is 10.2 Å². The molecule has 0 unspecified atom stereocenters. The zero-order valence-corrected chi connectivity index (χ0v) is 12.8. The lowest BCUT2D eigenvalue weighted by Gasteiger charge is -2.12. The van der Waals surface area contributed by atoms with E-state index in [0.29, 0.717) is 24.2 Å². The molecular formula is C14H18BrN3O. The number of likely N-dealkylation sites (N-methyl/N-ethyl adjacent to an activating group) is 1. The molecule has 0 spiro atoms. The molecule has 0 aromatic heterocycles. The second-order valence-electron chi connectivity index (χ2n) is 4.94. The first-order valence-corrected chi connectivity index (χ1v) is 6.98. The maximum Gasteiger partial charge on any atom is 0.253 e. The van der Waals surface area contributed by atoms with Crippen LogP contribution in [0.2, 0.25) is 0 Å². The van der Waals surface area contributed by atoms with Gasteiger partial charge in [-0.05, 0) is 37.4 Å². The molecule has 0 saturated carbocycles. The van der Waals surface area contributed by atoms with Crippen molar-refractivity contribution in [2.75, 3.05) is 27.2 Å². The summed E-state index contributed by atoms with van der Waals surface area (Å²) in [7, 11) is 3.95. The van der Waals surface area contributed by atoms with Gasteiger partial charge in [0.1, 0.15) is 0 Å². The molecule has 0 fully saturated rings. The monoisotopic (exact) mass is 323 g/mol. The van der Waals surface area contributed by atoms with Crippen LogP contribution >= 0.6 is 15.9 Å². The molecule has 0 saturated heterocycles. The summed E-state index contributed by atoms with van der Waals surface area (Å²) in [6.07, 6.45) is 0.644. The number of nitrogens with two attached hydrogens (primary N) is 1. The third-order valence-electron chi connectivity index (χ3n) is 3.11. The molecule has 1 amide bonds. The summed E-state index contributed by atoms with van der Waals surface area (Å²) in [5.41, 5.74) is 9.33. The van der Waals surface area contributed by atoms with Gasteiger partial charge in [-0.25, -0.2) is 0 Å². The SMILES string of the molecule is CN(C)CCNC(=O)C1=C(N)Cc2cc(Br)ccc21. The predicted octanol–water partition coefficient (Wildman–Crippen LogP) is 1.35. The second-order valence-corrected chi connectivity index (χ2v) is 5.85. The van der Waals surface area contributed by atoms with E-state index >= 15 is 0 Å². The molecule has 0 aliphatic heterocycles. The number of nitrogens with zero attached hydrogens (tertiary/aromatic N) is 1. The van der Waals surface area contributed by atoms with Crippen LogP contribution in [0.1, 0.15) is 11.1 Å². The summed E-state index contributed by atoms with van der Waals surface area (Å²) < 4.78 is 1.01. The third-order valence-corrected chi connectivity index (χ3v) is 3.60. The third kappa shape index (κ3) is 3.16. The Morgan fingerprint density at radius 2 is 2.21 bits per heavy atom. The van der Waals surface area contributed by atoms with Gasteiger partial charge in [0.2, 0.25) is 0 Å². The molecule has 19 heavy (non-hydrogen) atoms. The summed E-state index contributed by atoms with van der Waals surface area (Å²) in [5.74, 6) is -0.0829. The summed E-state index contributed by atoms with van der Waals surface area (Å²) in [4.78, 5) is 14.2. The Balaban J connectivity index is 2.12. The molecule has 102 valence electrons. The number of carbonyl (C=O) groups is 1. The lowest BCUT2D eigenvalue weighted by molar-refractivity contribution is -0.115. The lowest BCUT2D eigenvalue weighted by atomic mass is 10.1. The predicted molar refractivity (Wildman–Crippen MR) is 80.5 cm³/mol. The second kappa shape index (κ2) is 5.75. The van der Waals surface area contributed by atoms with Crippen LogP contribution in [-0.2, 0) is 11.2 Å². The lowest BCUT2D eigenvalue weighted by Crippen LogP contribution is -2.32. The van der Waals surface area contributed by atoms with Gasteiger partial charge in [0.25, 0.3) is 5.91 Å². The summed E-state index contributed by atoms with van der Waals surface area (Å²) in [5, 5.41) is 2.91. The molecule has 0 heterocycles. The topological polar surface area (TPSA) is 58.4 Å². The highest BCUT2D eigenvalue weighted by Gasteiger charge is 2.24. The van der Waals surface area contributed by atoms with Gasteiger partial charge in [-0.2, -0.15) is 0 Å². The van der Waals surface area contributed by atoms with Crippen LogP contribution < -0.4 is 11.1 Å². The van der Waals surface area contributed by atoms with Crippen LogP contribution in [0.5, 0.6) is 0 Å². The first kappa shape index (κ1) is 14.1. The Kier molecular flexibility index (Phi) is 4.27. The average molecular weight is 324 g/mol. The number of carbonyl (C=O) groups excluding carboxylic acids is 1. The number of amides is 1. The number of benzene rings is 1. The maximum absolute atomic E-state index is 12.2. The van der Waals surface area contributed by atoms with Crippen LogP contribution in [0.15, 0.2) is 28.4 Å². The van der Waals surface area contributed by atoms with Crippen molar-refractivity contribution in [3.63, 3.8) is 0 Å². The van der Waals surface area contributed by atoms with Crippen molar-refractivity contribution in [2.45, 2.75) is 6.42 Å². The van der Waals surface area contributed by atoms with E-state index in [1.807, 2.05) is 37.2 Å². The van der Waals surface area contributed by atoms with Gasteiger partial charge in [0.15, 0.2) is 0 Å².